The number of anilines is 2. The SMILES string of the molecule is N#Cc1nc(-c2ccco2)oc1N1CCN(CC(=O)Nc2cc(C3CC3)nn2-c2ccccc2)CC1. The van der Waals surface area contributed by atoms with E-state index in [1.165, 1.54) is 6.26 Å². The van der Waals surface area contributed by atoms with Gasteiger partial charge in [0.05, 0.1) is 24.2 Å². The van der Waals surface area contributed by atoms with E-state index in [4.69, 9.17) is 13.9 Å². The van der Waals surface area contributed by atoms with Gasteiger partial charge in [0.15, 0.2) is 5.76 Å². The summed E-state index contributed by atoms with van der Waals surface area (Å²) in [6.07, 6.45) is 3.82. The van der Waals surface area contributed by atoms with E-state index >= 15 is 0 Å². The van der Waals surface area contributed by atoms with Crippen LogP contribution in [0.4, 0.5) is 11.7 Å². The maximum absolute atomic E-state index is 13.0. The van der Waals surface area contributed by atoms with E-state index in [0.717, 1.165) is 24.2 Å². The van der Waals surface area contributed by atoms with Crippen LogP contribution in [0.1, 0.15) is 30.1 Å². The van der Waals surface area contributed by atoms with Crippen LogP contribution in [0.3, 0.4) is 0 Å². The third-order valence-electron chi connectivity index (χ3n) is 6.47. The van der Waals surface area contributed by atoms with Crippen molar-refractivity contribution in [2.75, 3.05) is 42.9 Å². The van der Waals surface area contributed by atoms with Gasteiger partial charge in [0.2, 0.25) is 17.5 Å². The van der Waals surface area contributed by atoms with Crippen molar-refractivity contribution in [2.24, 2.45) is 0 Å². The van der Waals surface area contributed by atoms with Gasteiger partial charge in [-0.25, -0.2) is 4.68 Å². The highest BCUT2D eigenvalue weighted by Gasteiger charge is 2.29. The van der Waals surface area contributed by atoms with Crippen molar-refractivity contribution in [1.82, 2.24) is 19.7 Å². The van der Waals surface area contributed by atoms with Crippen molar-refractivity contribution in [1.29, 1.82) is 5.26 Å². The second-order valence-corrected chi connectivity index (χ2v) is 9.05. The molecule has 0 atom stereocenters. The van der Waals surface area contributed by atoms with Crippen LogP contribution in [0.2, 0.25) is 0 Å². The molecule has 10 nitrogen and oxygen atoms in total. The van der Waals surface area contributed by atoms with Gasteiger partial charge in [-0.3, -0.25) is 9.69 Å². The minimum atomic E-state index is -0.0830. The molecule has 0 bridgehead atoms. The first kappa shape index (κ1) is 22.1. The number of nitrogens with one attached hydrogen (secondary N) is 1. The van der Waals surface area contributed by atoms with Crippen molar-refractivity contribution in [3.8, 4) is 23.4 Å². The molecule has 182 valence electrons. The van der Waals surface area contributed by atoms with E-state index in [9.17, 15) is 10.1 Å². The number of nitriles is 1. The first-order chi connectivity index (χ1) is 17.7. The van der Waals surface area contributed by atoms with Crippen molar-refractivity contribution in [3.05, 3.63) is 66.2 Å². The Bertz CT molecular complexity index is 1390. The van der Waals surface area contributed by atoms with Crippen molar-refractivity contribution in [2.45, 2.75) is 18.8 Å². The number of hydrogen-bond acceptors (Lipinski definition) is 8. The van der Waals surface area contributed by atoms with Gasteiger partial charge in [-0.2, -0.15) is 15.3 Å². The summed E-state index contributed by atoms with van der Waals surface area (Å²) in [5.74, 6) is 2.30. The molecule has 36 heavy (non-hydrogen) atoms. The van der Waals surface area contributed by atoms with Gasteiger partial charge >= 0.3 is 0 Å². The number of para-hydroxylation sites is 1. The number of rotatable bonds is 7. The van der Waals surface area contributed by atoms with Gasteiger partial charge in [-0.1, -0.05) is 18.2 Å². The Morgan fingerprint density at radius 2 is 1.92 bits per heavy atom. The van der Waals surface area contributed by atoms with Crippen LogP contribution in [0.5, 0.6) is 0 Å². The van der Waals surface area contributed by atoms with E-state index in [1.807, 2.05) is 46.0 Å². The minimum absolute atomic E-state index is 0.0830. The van der Waals surface area contributed by atoms with Gasteiger partial charge in [-0.15, -0.1) is 0 Å². The van der Waals surface area contributed by atoms with E-state index < -0.39 is 0 Å². The molecule has 2 aliphatic rings. The number of carbonyl (C=O) groups excluding carboxylic acids is 1. The van der Waals surface area contributed by atoms with Crippen molar-refractivity contribution < 1.29 is 13.6 Å². The number of carbonyl (C=O) groups is 1. The van der Waals surface area contributed by atoms with Crippen LogP contribution in [0, 0.1) is 11.3 Å². The van der Waals surface area contributed by atoms with Gasteiger partial charge in [0.1, 0.15) is 11.9 Å². The number of nitrogens with zero attached hydrogens (tertiary/aromatic N) is 6. The van der Waals surface area contributed by atoms with Gasteiger partial charge in [0, 0.05) is 38.2 Å². The molecule has 6 rings (SSSR count). The third kappa shape index (κ3) is 4.48. The first-order valence-electron chi connectivity index (χ1n) is 12.1. The molecule has 1 aliphatic carbocycles. The summed E-state index contributed by atoms with van der Waals surface area (Å²) in [5, 5.41) is 17.3. The maximum atomic E-state index is 13.0. The lowest BCUT2D eigenvalue weighted by atomic mass is 10.3. The monoisotopic (exact) mass is 483 g/mol. The van der Waals surface area contributed by atoms with E-state index in [2.05, 4.69) is 21.3 Å². The number of hydrogen-bond donors (Lipinski definition) is 1. The second kappa shape index (κ2) is 9.36. The van der Waals surface area contributed by atoms with Gasteiger partial charge in [-0.05, 0) is 37.1 Å². The summed E-state index contributed by atoms with van der Waals surface area (Å²) in [6.45, 7) is 2.80. The van der Waals surface area contributed by atoms with Crippen LogP contribution in [-0.2, 0) is 4.79 Å². The molecule has 1 amide bonds. The zero-order valence-corrected chi connectivity index (χ0v) is 19.6. The molecule has 4 aromatic rings. The van der Waals surface area contributed by atoms with Crippen LogP contribution in [0.15, 0.2) is 63.6 Å². The fourth-order valence-electron chi connectivity index (χ4n) is 4.43. The summed E-state index contributed by atoms with van der Waals surface area (Å²) in [6, 6.07) is 17.4. The largest absolute Gasteiger partial charge is 0.459 e. The third-order valence-corrected chi connectivity index (χ3v) is 6.47. The minimum Gasteiger partial charge on any atom is -0.459 e. The summed E-state index contributed by atoms with van der Waals surface area (Å²) in [4.78, 5) is 21.3. The molecule has 10 heteroatoms. The Balaban J connectivity index is 1.09. The molecule has 0 radical (unpaired) electrons. The topological polar surface area (TPSA) is 116 Å². The van der Waals surface area contributed by atoms with E-state index in [0.29, 0.717) is 49.6 Å². The molecular formula is C26H25N7O3. The highest BCUT2D eigenvalue weighted by atomic mass is 16.4. The fraction of sp³-hybridized carbons (Fsp3) is 0.308. The maximum Gasteiger partial charge on any atom is 0.266 e. The molecule has 3 aromatic heterocycles. The zero-order valence-electron chi connectivity index (χ0n) is 19.6. The van der Waals surface area contributed by atoms with Crippen LogP contribution < -0.4 is 10.2 Å². The predicted molar refractivity (Wildman–Crippen MR) is 132 cm³/mol. The quantitative estimate of drug-likeness (QED) is 0.424. The molecule has 1 aliphatic heterocycles. The van der Waals surface area contributed by atoms with Crippen LogP contribution in [0.25, 0.3) is 17.3 Å². The highest BCUT2D eigenvalue weighted by molar-refractivity contribution is 5.91. The molecule has 1 saturated heterocycles. The molecular weight excluding hydrogens is 458 g/mol. The highest BCUT2D eigenvalue weighted by Crippen LogP contribution is 2.40. The Labute approximate surface area is 207 Å². The molecule has 2 fully saturated rings. The number of piperazine rings is 1. The second-order valence-electron chi connectivity index (χ2n) is 9.05. The first-order valence-corrected chi connectivity index (χ1v) is 12.1. The molecule has 1 aromatic carbocycles. The normalized spacial score (nSPS) is 16.1. The van der Waals surface area contributed by atoms with Gasteiger partial charge < -0.3 is 19.1 Å². The van der Waals surface area contributed by atoms with Gasteiger partial charge in [0.25, 0.3) is 5.89 Å². The number of furan rings is 1. The van der Waals surface area contributed by atoms with Crippen molar-refractivity contribution in [3.63, 3.8) is 0 Å². The van der Waals surface area contributed by atoms with Crippen molar-refractivity contribution >= 4 is 17.6 Å². The Hall–Kier alpha value is -4.36. The molecule has 0 unspecified atom stereocenters. The zero-order chi connectivity index (χ0) is 24.5. The van der Waals surface area contributed by atoms with E-state index in [1.54, 1.807) is 12.1 Å². The summed E-state index contributed by atoms with van der Waals surface area (Å²) in [5.41, 5.74) is 2.17. The smallest absolute Gasteiger partial charge is 0.266 e. The molecule has 4 heterocycles. The fourth-order valence-corrected chi connectivity index (χ4v) is 4.43. The van der Waals surface area contributed by atoms with E-state index in [-0.39, 0.29) is 24.0 Å². The average Bonchev–Trinajstić information content (AvgIpc) is 3.28. The van der Waals surface area contributed by atoms with Crippen LogP contribution in [-0.4, -0.2) is 58.3 Å². The predicted octanol–water partition coefficient (Wildman–Crippen LogP) is 3.63. The number of benzene rings is 1. The summed E-state index contributed by atoms with van der Waals surface area (Å²) in [7, 11) is 0. The molecule has 0 spiro atoms. The molecule has 1 N–H and O–H groups in total. The number of aromatic nitrogens is 3. The number of amides is 1. The Morgan fingerprint density at radius 3 is 2.61 bits per heavy atom. The standard InChI is InChI=1S/C26H25N7O3/c27-16-21-26(36-25(28-21)22-7-4-14-35-22)32-12-10-31(11-13-32)17-24(34)29-23-15-20(18-8-9-18)30-33(23)19-5-2-1-3-6-19/h1-7,14-15,18H,8-13,17H2,(H,29,34). The summed E-state index contributed by atoms with van der Waals surface area (Å²) < 4.78 is 13.0. The lowest BCUT2D eigenvalue weighted by Crippen LogP contribution is -2.48. The molecule has 1 saturated carbocycles. The lowest BCUT2D eigenvalue weighted by molar-refractivity contribution is -0.117. The Morgan fingerprint density at radius 1 is 1.11 bits per heavy atom. The Kier molecular flexibility index (Phi) is 5.75. The average molecular weight is 484 g/mol. The lowest BCUT2D eigenvalue weighted by Gasteiger charge is -2.33. The van der Waals surface area contributed by atoms with Crippen LogP contribution >= 0.6 is 0 Å². The summed E-state index contributed by atoms with van der Waals surface area (Å²) >= 11 is 0. The number of oxazole rings is 1.